The number of aromatic nitrogens is 1. The molecular formula is C15H15N3O3. The molecule has 0 saturated carbocycles. The van der Waals surface area contributed by atoms with Crippen LogP contribution in [0.15, 0.2) is 42.7 Å². The van der Waals surface area contributed by atoms with Crippen molar-refractivity contribution in [2.75, 3.05) is 12.1 Å². The number of hydrogen-bond donors (Lipinski definition) is 2. The van der Waals surface area contributed by atoms with Gasteiger partial charge in [-0.3, -0.25) is 4.98 Å². The van der Waals surface area contributed by atoms with E-state index in [4.69, 9.17) is 9.47 Å². The first-order valence-electron chi connectivity index (χ1n) is 6.59. The number of anilines is 1. The summed E-state index contributed by atoms with van der Waals surface area (Å²) >= 11 is 0. The predicted molar refractivity (Wildman–Crippen MR) is 77.4 cm³/mol. The van der Waals surface area contributed by atoms with Crippen molar-refractivity contribution in [3.8, 4) is 11.5 Å². The molecule has 0 bridgehead atoms. The summed E-state index contributed by atoms with van der Waals surface area (Å²) in [6.07, 6.45) is 3.40. The fourth-order valence-corrected chi connectivity index (χ4v) is 2.07. The third kappa shape index (κ3) is 3.05. The van der Waals surface area contributed by atoms with Crippen molar-refractivity contribution in [2.24, 2.45) is 0 Å². The zero-order valence-electron chi connectivity index (χ0n) is 11.5. The maximum atomic E-state index is 12.0. The molecule has 2 amide bonds. The van der Waals surface area contributed by atoms with Gasteiger partial charge in [-0.05, 0) is 36.8 Å². The number of nitrogens with one attached hydrogen (secondary N) is 2. The van der Waals surface area contributed by atoms with Crippen LogP contribution in [0.25, 0.3) is 0 Å². The number of urea groups is 1. The number of carbonyl (C=O) groups is 1. The van der Waals surface area contributed by atoms with Gasteiger partial charge in [0.1, 0.15) is 0 Å². The summed E-state index contributed by atoms with van der Waals surface area (Å²) in [5.74, 6) is 1.32. The van der Waals surface area contributed by atoms with E-state index in [1.807, 2.05) is 19.1 Å². The molecule has 2 heterocycles. The summed E-state index contributed by atoms with van der Waals surface area (Å²) in [6, 6.07) is 8.62. The van der Waals surface area contributed by atoms with Crippen LogP contribution in [-0.2, 0) is 0 Å². The lowest BCUT2D eigenvalue weighted by molar-refractivity contribution is 0.174. The van der Waals surface area contributed by atoms with Crippen molar-refractivity contribution in [1.82, 2.24) is 10.3 Å². The highest BCUT2D eigenvalue weighted by Crippen LogP contribution is 2.34. The lowest BCUT2D eigenvalue weighted by Crippen LogP contribution is -2.31. The molecule has 1 aromatic heterocycles. The third-order valence-electron chi connectivity index (χ3n) is 3.18. The number of fused-ring (bicyclic) bond motifs is 1. The van der Waals surface area contributed by atoms with Gasteiger partial charge in [0.25, 0.3) is 0 Å². The molecule has 0 radical (unpaired) electrons. The first kappa shape index (κ1) is 13.2. The highest BCUT2D eigenvalue weighted by atomic mass is 16.7. The number of amides is 2. The summed E-state index contributed by atoms with van der Waals surface area (Å²) in [5, 5.41) is 5.63. The fraction of sp³-hybridized carbons (Fsp3) is 0.200. The van der Waals surface area contributed by atoms with Crippen LogP contribution in [0, 0.1) is 0 Å². The maximum Gasteiger partial charge on any atom is 0.319 e. The summed E-state index contributed by atoms with van der Waals surface area (Å²) in [7, 11) is 0. The van der Waals surface area contributed by atoms with Gasteiger partial charge in [-0.15, -0.1) is 0 Å². The maximum absolute atomic E-state index is 12.0. The molecule has 0 saturated heterocycles. The molecule has 0 aliphatic carbocycles. The van der Waals surface area contributed by atoms with Crippen LogP contribution in [0.5, 0.6) is 11.5 Å². The Labute approximate surface area is 122 Å². The van der Waals surface area contributed by atoms with E-state index in [0.29, 0.717) is 17.2 Å². The Morgan fingerprint density at radius 1 is 1.19 bits per heavy atom. The van der Waals surface area contributed by atoms with Crippen molar-refractivity contribution in [2.45, 2.75) is 13.0 Å². The van der Waals surface area contributed by atoms with Gasteiger partial charge in [0, 0.05) is 24.1 Å². The molecule has 1 atom stereocenters. The number of pyridine rings is 1. The van der Waals surface area contributed by atoms with Gasteiger partial charge in [0.2, 0.25) is 6.79 Å². The second-order valence-electron chi connectivity index (χ2n) is 4.67. The largest absolute Gasteiger partial charge is 0.454 e. The number of rotatable bonds is 3. The van der Waals surface area contributed by atoms with E-state index in [9.17, 15) is 4.79 Å². The fourth-order valence-electron chi connectivity index (χ4n) is 2.07. The molecule has 1 aliphatic rings. The van der Waals surface area contributed by atoms with E-state index in [1.54, 1.807) is 30.6 Å². The minimum absolute atomic E-state index is 0.109. The molecule has 6 nitrogen and oxygen atoms in total. The Balaban J connectivity index is 1.61. The predicted octanol–water partition coefficient (Wildman–Crippen LogP) is 2.69. The molecule has 6 heteroatoms. The lowest BCUT2D eigenvalue weighted by Gasteiger charge is -2.15. The highest BCUT2D eigenvalue weighted by Gasteiger charge is 2.15. The van der Waals surface area contributed by atoms with Crippen molar-refractivity contribution in [3.63, 3.8) is 0 Å². The normalized spacial score (nSPS) is 13.6. The number of nitrogens with zero attached hydrogens (tertiary/aromatic N) is 1. The molecule has 2 N–H and O–H groups in total. The van der Waals surface area contributed by atoms with Gasteiger partial charge < -0.3 is 20.1 Å². The van der Waals surface area contributed by atoms with Crippen LogP contribution < -0.4 is 20.1 Å². The number of ether oxygens (including phenoxy) is 2. The molecule has 2 aromatic rings. The first-order chi connectivity index (χ1) is 10.2. The Hall–Kier alpha value is -2.76. The van der Waals surface area contributed by atoms with Gasteiger partial charge in [-0.1, -0.05) is 0 Å². The van der Waals surface area contributed by atoms with Gasteiger partial charge >= 0.3 is 6.03 Å². The summed E-state index contributed by atoms with van der Waals surface area (Å²) in [5.41, 5.74) is 1.64. The Kier molecular flexibility index (Phi) is 3.59. The Morgan fingerprint density at radius 3 is 2.76 bits per heavy atom. The van der Waals surface area contributed by atoms with Crippen LogP contribution in [0.1, 0.15) is 18.5 Å². The molecule has 3 rings (SSSR count). The van der Waals surface area contributed by atoms with Crippen LogP contribution in [0.3, 0.4) is 0 Å². The number of hydrogen-bond acceptors (Lipinski definition) is 4. The van der Waals surface area contributed by atoms with E-state index < -0.39 is 0 Å². The third-order valence-corrected chi connectivity index (χ3v) is 3.18. The van der Waals surface area contributed by atoms with Crippen LogP contribution >= 0.6 is 0 Å². The molecule has 0 spiro atoms. The zero-order chi connectivity index (χ0) is 14.7. The number of benzene rings is 1. The standard InChI is InChI=1S/C15H15N3O3/c1-10(11-4-6-16-7-5-11)17-15(19)18-12-2-3-13-14(8-12)21-9-20-13/h2-8,10H,9H2,1H3,(H2,17,18,19). The minimum atomic E-state index is -0.279. The second kappa shape index (κ2) is 5.70. The molecule has 1 unspecified atom stereocenters. The van der Waals surface area contributed by atoms with E-state index in [1.165, 1.54) is 0 Å². The van der Waals surface area contributed by atoms with Gasteiger partial charge in [0.15, 0.2) is 11.5 Å². The van der Waals surface area contributed by atoms with Crippen molar-refractivity contribution < 1.29 is 14.3 Å². The smallest absolute Gasteiger partial charge is 0.319 e. The van der Waals surface area contributed by atoms with Crippen LogP contribution in [0.2, 0.25) is 0 Å². The van der Waals surface area contributed by atoms with E-state index in [2.05, 4.69) is 15.6 Å². The summed E-state index contributed by atoms with van der Waals surface area (Å²) < 4.78 is 10.5. The van der Waals surface area contributed by atoms with Crippen molar-refractivity contribution >= 4 is 11.7 Å². The van der Waals surface area contributed by atoms with Crippen molar-refractivity contribution in [3.05, 3.63) is 48.3 Å². The molecule has 0 fully saturated rings. The Morgan fingerprint density at radius 2 is 1.95 bits per heavy atom. The summed E-state index contributed by atoms with van der Waals surface area (Å²) in [4.78, 5) is 15.9. The Bertz CT molecular complexity index is 646. The topological polar surface area (TPSA) is 72.5 Å². The zero-order valence-corrected chi connectivity index (χ0v) is 11.5. The second-order valence-corrected chi connectivity index (χ2v) is 4.67. The molecule has 1 aromatic carbocycles. The quantitative estimate of drug-likeness (QED) is 0.909. The van der Waals surface area contributed by atoms with Gasteiger partial charge in [-0.2, -0.15) is 0 Å². The van der Waals surface area contributed by atoms with Gasteiger partial charge in [0.05, 0.1) is 6.04 Å². The van der Waals surface area contributed by atoms with E-state index >= 15 is 0 Å². The molecular weight excluding hydrogens is 270 g/mol. The average Bonchev–Trinajstić information content (AvgIpc) is 2.95. The van der Waals surface area contributed by atoms with Crippen LogP contribution in [0.4, 0.5) is 10.5 Å². The first-order valence-corrected chi connectivity index (χ1v) is 6.59. The minimum Gasteiger partial charge on any atom is -0.454 e. The van der Waals surface area contributed by atoms with Crippen LogP contribution in [-0.4, -0.2) is 17.8 Å². The van der Waals surface area contributed by atoms with Gasteiger partial charge in [-0.25, -0.2) is 4.79 Å². The molecule has 21 heavy (non-hydrogen) atoms. The monoisotopic (exact) mass is 285 g/mol. The lowest BCUT2D eigenvalue weighted by atomic mass is 10.1. The molecule has 108 valence electrons. The van der Waals surface area contributed by atoms with Crippen molar-refractivity contribution in [1.29, 1.82) is 0 Å². The average molecular weight is 285 g/mol. The molecule has 1 aliphatic heterocycles. The summed E-state index contributed by atoms with van der Waals surface area (Å²) in [6.45, 7) is 2.12. The van der Waals surface area contributed by atoms with E-state index in [0.717, 1.165) is 5.56 Å². The number of carbonyl (C=O) groups excluding carboxylic acids is 1. The van der Waals surface area contributed by atoms with E-state index in [-0.39, 0.29) is 18.9 Å². The highest BCUT2D eigenvalue weighted by molar-refractivity contribution is 5.89. The SMILES string of the molecule is CC(NC(=O)Nc1ccc2c(c1)OCO2)c1ccncc1.